The molecule has 1 aromatic heterocycles. The lowest BCUT2D eigenvalue weighted by Crippen LogP contribution is -2.44. The Kier molecular flexibility index (Phi) is 6.57. The maximum absolute atomic E-state index is 12.2. The van der Waals surface area contributed by atoms with E-state index in [1.54, 1.807) is 30.3 Å². The topological polar surface area (TPSA) is 181 Å². The van der Waals surface area contributed by atoms with E-state index in [-0.39, 0.29) is 22.9 Å². The number of benzene rings is 1. The quantitative estimate of drug-likeness (QED) is 0.135. The number of nitrogens with zero attached hydrogens (tertiary/aromatic N) is 1. The number of amides is 3. The molecule has 142 valence electrons. The van der Waals surface area contributed by atoms with Crippen LogP contribution in [0.15, 0.2) is 40.4 Å². The Morgan fingerprint density at radius 3 is 2.26 bits per heavy atom. The summed E-state index contributed by atoms with van der Waals surface area (Å²) >= 11 is 1.26. The molecule has 2 aromatic rings. The summed E-state index contributed by atoms with van der Waals surface area (Å²) in [5.41, 5.74) is 13.1. The van der Waals surface area contributed by atoms with Crippen molar-refractivity contribution in [3.05, 3.63) is 47.0 Å². The van der Waals surface area contributed by atoms with Crippen molar-refractivity contribution in [2.45, 2.75) is 11.9 Å². The Morgan fingerprint density at radius 1 is 1.11 bits per heavy atom. The van der Waals surface area contributed by atoms with Crippen LogP contribution >= 0.6 is 11.8 Å². The van der Waals surface area contributed by atoms with Gasteiger partial charge in [-0.05, 0) is 17.9 Å². The standard InChI is InChI=1S/C16H19N7O3S/c1-2-27-15-10(12(18)25)9(11(17)24)13(20-15)21-16(23-19)22-14(26)8-6-4-3-5-7-8/h3-7,20H,2,19H2,1H3,(H2,17,24)(H2,18,25)(H2,21,22,23,26). The summed E-state index contributed by atoms with van der Waals surface area (Å²) in [7, 11) is 0. The molecule has 9 N–H and O–H groups in total. The van der Waals surface area contributed by atoms with Crippen molar-refractivity contribution in [3.8, 4) is 0 Å². The minimum absolute atomic E-state index is 0.0476. The molecule has 0 bridgehead atoms. The van der Waals surface area contributed by atoms with E-state index in [4.69, 9.17) is 17.3 Å². The summed E-state index contributed by atoms with van der Waals surface area (Å²) in [6.07, 6.45) is 0. The summed E-state index contributed by atoms with van der Waals surface area (Å²) in [5.74, 6) is 3.62. The van der Waals surface area contributed by atoms with Crippen LogP contribution in [-0.4, -0.2) is 34.4 Å². The van der Waals surface area contributed by atoms with Gasteiger partial charge in [-0.1, -0.05) is 25.1 Å². The number of aromatic nitrogens is 1. The third kappa shape index (κ3) is 4.65. The third-order valence-corrected chi connectivity index (χ3v) is 4.24. The number of guanidine groups is 1. The van der Waals surface area contributed by atoms with Gasteiger partial charge in [-0.25, -0.2) is 5.84 Å². The highest BCUT2D eigenvalue weighted by Crippen LogP contribution is 2.31. The van der Waals surface area contributed by atoms with E-state index >= 15 is 0 Å². The Balaban J connectivity index is 2.45. The number of hydrogen-bond donors (Lipinski definition) is 6. The highest BCUT2D eigenvalue weighted by Gasteiger charge is 2.25. The van der Waals surface area contributed by atoms with Crippen molar-refractivity contribution in [1.82, 2.24) is 15.7 Å². The first-order valence-electron chi connectivity index (χ1n) is 7.79. The summed E-state index contributed by atoms with van der Waals surface area (Å²) in [4.78, 5) is 42.8. The number of rotatable bonds is 6. The van der Waals surface area contributed by atoms with Gasteiger partial charge in [0.25, 0.3) is 17.7 Å². The second kappa shape index (κ2) is 8.87. The van der Waals surface area contributed by atoms with E-state index in [0.29, 0.717) is 16.3 Å². The Hall–Kier alpha value is -3.31. The number of carbonyl (C=O) groups is 3. The molecule has 0 aliphatic rings. The van der Waals surface area contributed by atoms with Gasteiger partial charge in [-0.2, -0.15) is 4.99 Å². The first-order chi connectivity index (χ1) is 12.9. The summed E-state index contributed by atoms with van der Waals surface area (Å²) < 4.78 is 0. The minimum atomic E-state index is -0.896. The number of hydrazine groups is 1. The molecule has 0 unspecified atom stereocenters. The predicted octanol–water partition coefficient (Wildman–Crippen LogP) is 0.205. The number of carbonyl (C=O) groups excluding carboxylic acids is 3. The molecule has 0 fully saturated rings. The first-order valence-corrected chi connectivity index (χ1v) is 8.77. The zero-order chi connectivity index (χ0) is 20.0. The lowest BCUT2D eigenvalue weighted by Gasteiger charge is -2.08. The molecule has 1 heterocycles. The summed E-state index contributed by atoms with van der Waals surface area (Å²) in [6.45, 7) is 1.86. The Bertz CT molecular complexity index is 893. The molecule has 0 atom stereocenters. The van der Waals surface area contributed by atoms with E-state index in [1.165, 1.54) is 11.8 Å². The molecule has 27 heavy (non-hydrogen) atoms. The third-order valence-electron chi connectivity index (χ3n) is 3.36. The van der Waals surface area contributed by atoms with Crippen molar-refractivity contribution < 1.29 is 14.4 Å². The number of hydrogen-bond acceptors (Lipinski definition) is 6. The largest absolute Gasteiger partial charge is 0.365 e. The molecule has 3 amide bonds. The molecular weight excluding hydrogens is 370 g/mol. The van der Waals surface area contributed by atoms with Crippen molar-refractivity contribution in [2.24, 2.45) is 22.3 Å². The van der Waals surface area contributed by atoms with Gasteiger partial charge in [-0.15, -0.1) is 11.8 Å². The van der Waals surface area contributed by atoms with Gasteiger partial charge in [0.15, 0.2) is 0 Å². The molecule has 0 aliphatic heterocycles. The summed E-state index contributed by atoms with van der Waals surface area (Å²) in [6, 6.07) is 8.38. The summed E-state index contributed by atoms with van der Waals surface area (Å²) in [5, 5.41) is 2.82. The number of H-pyrrole nitrogens is 1. The zero-order valence-corrected chi connectivity index (χ0v) is 15.2. The van der Waals surface area contributed by atoms with Crippen LogP contribution in [0.1, 0.15) is 38.0 Å². The lowest BCUT2D eigenvalue weighted by atomic mass is 10.1. The average molecular weight is 389 g/mol. The van der Waals surface area contributed by atoms with Crippen LogP contribution in [0.2, 0.25) is 0 Å². The normalized spacial score (nSPS) is 11.1. The smallest absolute Gasteiger partial charge is 0.257 e. The van der Waals surface area contributed by atoms with E-state index in [1.807, 2.05) is 6.92 Å². The van der Waals surface area contributed by atoms with Crippen LogP contribution < -0.4 is 28.1 Å². The van der Waals surface area contributed by atoms with Gasteiger partial charge in [0, 0.05) is 5.56 Å². The van der Waals surface area contributed by atoms with Crippen LogP contribution in [0.5, 0.6) is 0 Å². The van der Waals surface area contributed by atoms with Gasteiger partial charge < -0.3 is 16.5 Å². The fraction of sp³-hybridized carbons (Fsp3) is 0.125. The molecule has 11 heteroatoms. The van der Waals surface area contributed by atoms with Crippen molar-refractivity contribution in [2.75, 3.05) is 5.75 Å². The second-order valence-corrected chi connectivity index (χ2v) is 6.41. The second-order valence-electron chi connectivity index (χ2n) is 5.14. The average Bonchev–Trinajstić information content (AvgIpc) is 3.00. The molecule has 0 saturated heterocycles. The van der Waals surface area contributed by atoms with E-state index in [2.05, 4.69) is 20.7 Å². The van der Waals surface area contributed by atoms with E-state index < -0.39 is 17.7 Å². The van der Waals surface area contributed by atoms with E-state index in [0.717, 1.165) is 0 Å². The van der Waals surface area contributed by atoms with Crippen molar-refractivity contribution in [1.29, 1.82) is 0 Å². The number of nitrogens with two attached hydrogens (primary N) is 3. The molecular formula is C16H19N7O3S. The number of aliphatic imine (C=N–C) groups is 1. The van der Waals surface area contributed by atoms with Gasteiger partial charge in [0.2, 0.25) is 5.96 Å². The number of aromatic amines is 1. The van der Waals surface area contributed by atoms with E-state index in [9.17, 15) is 14.4 Å². The maximum Gasteiger partial charge on any atom is 0.257 e. The van der Waals surface area contributed by atoms with Crippen LogP contribution in [0.3, 0.4) is 0 Å². The number of thioether (sulfide) groups is 1. The van der Waals surface area contributed by atoms with Crippen LogP contribution in [-0.2, 0) is 0 Å². The molecule has 10 nitrogen and oxygen atoms in total. The molecule has 0 saturated carbocycles. The Morgan fingerprint density at radius 2 is 1.74 bits per heavy atom. The number of nitrogens with one attached hydrogen (secondary N) is 3. The van der Waals surface area contributed by atoms with Gasteiger partial charge in [0.05, 0.1) is 16.2 Å². The maximum atomic E-state index is 12.2. The molecule has 1 aromatic carbocycles. The highest BCUT2D eigenvalue weighted by molar-refractivity contribution is 7.99. The van der Waals surface area contributed by atoms with Crippen LogP contribution in [0.4, 0.5) is 5.82 Å². The zero-order valence-electron chi connectivity index (χ0n) is 14.4. The fourth-order valence-electron chi connectivity index (χ4n) is 2.25. The van der Waals surface area contributed by atoms with Gasteiger partial charge in [0.1, 0.15) is 5.82 Å². The monoisotopic (exact) mass is 389 g/mol. The molecule has 0 aliphatic carbocycles. The van der Waals surface area contributed by atoms with Crippen molar-refractivity contribution >= 4 is 41.3 Å². The highest BCUT2D eigenvalue weighted by atomic mass is 32.2. The lowest BCUT2D eigenvalue weighted by molar-refractivity contribution is 0.0966. The minimum Gasteiger partial charge on any atom is -0.365 e. The van der Waals surface area contributed by atoms with Crippen LogP contribution in [0, 0.1) is 0 Å². The SMILES string of the molecule is CCSc1[nH]c(/N=C(\NN)NC(=O)c2ccccc2)c(C(N)=O)c1C(N)=O. The number of primary amides is 2. The molecule has 2 rings (SSSR count). The van der Waals surface area contributed by atoms with Gasteiger partial charge >= 0.3 is 0 Å². The fourth-order valence-corrected chi connectivity index (χ4v) is 3.06. The predicted molar refractivity (Wildman–Crippen MR) is 103 cm³/mol. The Labute approximate surface area is 158 Å². The molecule has 0 spiro atoms. The van der Waals surface area contributed by atoms with Crippen LogP contribution in [0.25, 0.3) is 0 Å². The first kappa shape index (κ1) is 20.0. The van der Waals surface area contributed by atoms with Gasteiger partial charge in [-0.3, -0.25) is 25.1 Å². The van der Waals surface area contributed by atoms with Crippen molar-refractivity contribution in [3.63, 3.8) is 0 Å². The molecule has 0 radical (unpaired) electrons.